The minimum atomic E-state index is 0.464. The molecule has 0 bridgehead atoms. The van der Waals surface area contributed by atoms with Gasteiger partial charge >= 0.3 is 0 Å². The summed E-state index contributed by atoms with van der Waals surface area (Å²) in [5, 5.41) is 0.875. The van der Waals surface area contributed by atoms with Gasteiger partial charge in [0.05, 0.1) is 0 Å². The van der Waals surface area contributed by atoms with Gasteiger partial charge in [0.2, 0.25) is 0 Å². The molecule has 0 atom stereocenters. The van der Waals surface area contributed by atoms with Crippen LogP contribution in [0.1, 0.15) is 5.56 Å². The fourth-order valence-electron chi connectivity index (χ4n) is 2.86. The number of hydrogen-bond acceptors (Lipinski definition) is 5. The lowest BCUT2D eigenvalue weighted by molar-refractivity contribution is 0.306. The molecular formula is C20H18N4OS. The van der Waals surface area contributed by atoms with Crippen LogP contribution in [0.5, 0.6) is 5.75 Å². The Morgan fingerprint density at radius 1 is 1.12 bits per heavy atom. The minimum absolute atomic E-state index is 0.464. The molecule has 0 aliphatic carbocycles. The van der Waals surface area contributed by atoms with Gasteiger partial charge in [-0.3, -0.25) is 4.40 Å². The number of ether oxygens (including phenoxy) is 1. The maximum absolute atomic E-state index is 6.12. The van der Waals surface area contributed by atoms with Gasteiger partial charge in [0.25, 0.3) is 0 Å². The van der Waals surface area contributed by atoms with Crippen LogP contribution in [0, 0.1) is 0 Å². The summed E-state index contributed by atoms with van der Waals surface area (Å²) in [6.45, 7) is 0.522. The van der Waals surface area contributed by atoms with Crippen LogP contribution in [0.25, 0.3) is 16.8 Å². The lowest BCUT2D eigenvalue weighted by Crippen LogP contribution is -1.97. The standard InChI is InChI=1S/C20H18N4OS/c1-26-20-23-17(18-19(21)22-10-11-24(18)20)15-8-5-9-16(12-15)25-13-14-6-3-2-4-7-14/h2-12H,13H2,1H3,(H2,21,22). The number of fused-ring (bicyclic) bond motifs is 1. The van der Waals surface area contributed by atoms with Crippen molar-refractivity contribution in [2.24, 2.45) is 0 Å². The predicted octanol–water partition coefficient (Wildman–Crippen LogP) is 4.28. The second-order valence-electron chi connectivity index (χ2n) is 5.78. The van der Waals surface area contributed by atoms with Gasteiger partial charge in [-0.1, -0.05) is 54.2 Å². The number of hydrogen-bond donors (Lipinski definition) is 1. The van der Waals surface area contributed by atoms with Crippen molar-refractivity contribution in [3.63, 3.8) is 0 Å². The first-order valence-electron chi connectivity index (χ1n) is 8.20. The van der Waals surface area contributed by atoms with Gasteiger partial charge in [0, 0.05) is 18.0 Å². The van der Waals surface area contributed by atoms with E-state index in [2.05, 4.69) is 4.98 Å². The highest BCUT2D eigenvalue weighted by molar-refractivity contribution is 7.98. The van der Waals surface area contributed by atoms with Crippen molar-refractivity contribution in [2.75, 3.05) is 12.0 Å². The van der Waals surface area contributed by atoms with Gasteiger partial charge < -0.3 is 10.5 Å². The van der Waals surface area contributed by atoms with Gasteiger partial charge in [0.1, 0.15) is 29.4 Å². The second-order valence-corrected chi connectivity index (χ2v) is 6.55. The molecule has 2 heterocycles. The zero-order valence-electron chi connectivity index (χ0n) is 14.3. The molecular weight excluding hydrogens is 344 g/mol. The third-order valence-electron chi connectivity index (χ3n) is 4.09. The summed E-state index contributed by atoms with van der Waals surface area (Å²) in [6, 6.07) is 18.0. The van der Waals surface area contributed by atoms with Crippen LogP contribution < -0.4 is 10.5 Å². The first-order valence-corrected chi connectivity index (χ1v) is 9.42. The monoisotopic (exact) mass is 362 g/mol. The largest absolute Gasteiger partial charge is 0.489 e. The summed E-state index contributed by atoms with van der Waals surface area (Å²) in [5.74, 6) is 1.26. The Morgan fingerprint density at radius 3 is 2.77 bits per heavy atom. The molecule has 0 radical (unpaired) electrons. The summed E-state index contributed by atoms with van der Waals surface area (Å²) in [5.41, 5.74) is 9.83. The molecule has 4 aromatic rings. The van der Waals surface area contributed by atoms with Crippen LogP contribution >= 0.6 is 11.8 Å². The lowest BCUT2D eigenvalue weighted by atomic mass is 10.1. The first-order chi connectivity index (χ1) is 12.8. The highest BCUT2D eigenvalue weighted by Crippen LogP contribution is 2.32. The highest BCUT2D eigenvalue weighted by atomic mass is 32.2. The number of nitrogens with two attached hydrogens (primary N) is 1. The predicted molar refractivity (Wildman–Crippen MR) is 105 cm³/mol. The fraction of sp³-hybridized carbons (Fsp3) is 0.100. The molecule has 0 unspecified atom stereocenters. The fourth-order valence-corrected chi connectivity index (χ4v) is 3.39. The molecule has 0 amide bonds. The molecule has 0 fully saturated rings. The van der Waals surface area contributed by atoms with E-state index in [4.69, 9.17) is 15.5 Å². The number of anilines is 1. The van der Waals surface area contributed by atoms with Gasteiger partial charge in [-0.2, -0.15) is 0 Å². The van der Waals surface area contributed by atoms with E-state index in [9.17, 15) is 0 Å². The first kappa shape index (κ1) is 16.5. The van der Waals surface area contributed by atoms with E-state index >= 15 is 0 Å². The molecule has 0 spiro atoms. The van der Waals surface area contributed by atoms with Gasteiger partial charge in [-0.05, 0) is 24.0 Å². The van der Waals surface area contributed by atoms with Crippen molar-refractivity contribution in [1.29, 1.82) is 0 Å². The Bertz CT molecular complexity index is 1050. The van der Waals surface area contributed by atoms with Crippen molar-refractivity contribution in [2.45, 2.75) is 11.8 Å². The normalized spacial score (nSPS) is 11.0. The molecule has 0 aliphatic heterocycles. The number of thioether (sulfide) groups is 1. The Morgan fingerprint density at radius 2 is 1.96 bits per heavy atom. The van der Waals surface area contributed by atoms with Crippen LogP contribution in [-0.4, -0.2) is 20.6 Å². The Kier molecular flexibility index (Phi) is 4.50. The number of aromatic nitrogens is 3. The van der Waals surface area contributed by atoms with Crippen molar-refractivity contribution in [1.82, 2.24) is 14.4 Å². The number of nitrogen functional groups attached to an aromatic ring is 1. The van der Waals surface area contributed by atoms with Crippen LogP contribution in [0.3, 0.4) is 0 Å². The Labute approximate surface area is 155 Å². The number of rotatable bonds is 5. The van der Waals surface area contributed by atoms with Crippen molar-refractivity contribution in [3.05, 3.63) is 72.6 Å². The molecule has 0 aliphatic rings. The molecule has 130 valence electrons. The summed E-state index contributed by atoms with van der Waals surface area (Å²) in [6.07, 6.45) is 5.56. The van der Waals surface area contributed by atoms with Crippen LogP contribution in [-0.2, 0) is 6.61 Å². The molecule has 0 saturated carbocycles. The van der Waals surface area contributed by atoms with Crippen LogP contribution in [0.2, 0.25) is 0 Å². The van der Waals surface area contributed by atoms with Gasteiger partial charge in [-0.25, -0.2) is 9.97 Å². The smallest absolute Gasteiger partial charge is 0.173 e. The summed E-state index contributed by atoms with van der Waals surface area (Å²) in [7, 11) is 0. The summed E-state index contributed by atoms with van der Waals surface area (Å²) < 4.78 is 7.92. The molecule has 2 aromatic heterocycles. The number of benzene rings is 2. The summed E-state index contributed by atoms with van der Waals surface area (Å²) in [4.78, 5) is 8.96. The molecule has 6 heteroatoms. The zero-order valence-corrected chi connectivity index (χ0v) is 15.1. The lowest BCUT2D eigenvalue weighted by Gasteiger charge is -2.08. The minimum Gasteiger partial charge on any atom is -0.489 e. The number of imidazole rings is 1. The average Bonchev–Trinajstić information content (AvgIpc) is 3.08. The zero-order chi connectivity index (χ0) is 17.9. The molecule has 0 saturated heterocycles. The van der Waals surface area contributed by atoms with Crippen molar-refractivity contribution in [3.8, 4) is 17.0 Å². The maximum Gasteiger partial charge on any atom is 0.173 e. The van der Waals surface area contributed by atoms with E-state index < -0.39 is 0 Å². The molecule has 26 heavy (non-hydrogen) atoms. The second kappa shape index (κ2) is 7.09. The summed E-state index contributed by atoms with van der Waals surface area (Å²) >= 11 is 1.57. The SMILES string of the molecule is CSc1nc(-c2cccc(OCc3ccccc3)c2)c2c(N)nccn12. The quantitative estimate of drug-likeness (QED) is 0.537. The topological polar surface area (TPSA) is 65.4 Å². The van der Waals surface area contributed by atoms with E-state index in [-0.39, 0.29) is 0 Å². The molecule has 2 N–H and O–H groups in total. The Hall–Kier alpha value is -2.99. The third kappa shape index (κ3) is 3.11. The number of nitrogens with zero attached hydrogens (tertiary/aromatic N) is 3. The van der Waals surface area contributed by atoms with Crippen molar-refractivity contribution < 1.29 is 4.74 Å². The van der Waals surface area contributed by atoms with E-state index in [1.165, 1.54) is 0 Å². The van der Waals surface area contributed by atoms with E-state index in [0.29, 0.717) is 12.4 Å². The average molecular weight is 362 g/mol. The Balaban J connectivity index is 1.70. The van der Waals surface area contributed by atoms with Gasteiger partial charge in [-0.15, -0.1) is 0 Å². The van der Waals surface area contributed by atoms with Gasteiger partial charge in [0.15, 0.2) is 5.16 Å². The molecule has 2 aromatic carbocycles. The van der Waals surface area contributed by atoms with Crippen LogP contribution in [0.4, 0.5) is 5.82 Å². The van der Waals surface area contributed by atoms with Crippen molar-refractivity contribution >= 4 is 23.1 Å². The van der Waals surface area contributed by atoms with E-state index in [1.54, 1.807) is 18.0 Å². The van der Waals surface area contributed by atoms with E-state index in [0.717, 1.165) is 33.2 Å². The molecule has 5 nitrogen and oxygen atoms in total. The van der Waals surface area contributed by atoms with Crippen LogP contribution in [0.15, 0.2) is 72.1 Å². The maximum atomic E-state index is 6.12. The van der Waals surface area contributed by atoms with E-state index in [1.807, 2.05) is 71.5 Å². The molecule has 4 rings (SSSR count). The highest BCUT2D eigenvalue weighted by Gasteiger charge is 2.15. The third-order valence-corrected chi connectivity index (χ3v) is 4.74.